The molecule has 1 aliphatic rings. The average Bonchev–Trinajstić information content (AvgIpc) is 2.65. The monoisotopic (exact) mass is 420 g/mol. The highest BCUT2D eigenvalue weighted by molar-refractivity contribution is 9.10. The lowest BCUT2D eigenvalue weighted by Crippen LogP contribution is -2.52. The molecule has 26 heavy (non-hydrogen) atoms. The molecule has 0 radical (unpaired) electrons. The summed E-state index contributed by atoms with van der Waals surface area (Å²) in [4.78, 5) is 21.3. The van der Waals surface area contributed by atoms with E-state index in [9.17, 15) is 9.18 Å². The normalized spacial score (nSPS) is 17.0. The molecule has 0 spiro atoms. The van der Waals surface area contributed by atoms with Gasteiger partial charge in [-0.1, -0.05) is 22.0 Å². The molecule has 5 nitrogen and oxygen atoms in total. The number of carbonyl (C=O) groups is 1. The van der Waals surface area contributed by atoms with E-state index >= 15 is 0 Å². The SMILES string of the molecule is CC(C(=O)Nc1ccc(Br)cc1F)N1CCN(Cc2ccccn2)CC1. The highest BCUT2D eigenvalue weighted by atomic mass is 79.9. The van der Waals surface area contributed by atoms with Crippen molar-refractivity contribution in [1.29, 1.82) is 0 Å². The fourth-order valence-corrected chi connectivity index (χ4v) is 3.36. The van der Waals surface area contributed by atoms with Gasteiger partial charge in [-0.3, -0.25) is 19.6 Å². The largest absolute Gasteiger partial charge is 0.322 e. The molecule has 0 bridgehead atoms. The lowest BCUT2D eigenvalue weighted by molar-refractivity contribution is -0.121. The third kappa shape index (κ3) is 4.87. The van der Waals surface area contributed by atoms with Crippen molar-refractivity contribution >= 4 is 27.5 Å². The third-order valence-corrected chi connectivity index (χ3v) is 5.13. The molecule has 1 aromatic heterocycles. The summed E-state index contributed by atoms with van der Waals surface area (Å²) in [6.45, 7) is 6.02. The summed E-state index contributed by atoms with van der Waals surface area (Å²) >= 11 is 3.21. The second-order valence-electron chi connectivity index (χ2n) is 6.42. The first-order valence-electron chi connectivity index (χ1n) is 8.65. The molecule has 138 valence electrons. The van der Waals surface area contributed by atoms with E-state index in [1.807, 2.05) is 25.1 Å². The van der Waals surface area contributed by atoms with E-state index in [4.69, 9.17) is 0 Å². The molecule has 2 aromatic rings. The lowest BCUT2D eigenvalue weighted by Gasteiger charge is -2.37. The first-order chi connectivity index (χ1) is 12.5. The fourth-order valence-electron chi connectivity index (χ4n) is 3.02. The molecule has 1 aliphatic heterocycles. The summed E-state index contributed by atoms with van der Waals surface area (Å²) in [5, 5.41) is 2.69. The molecule has 1 aromatic carbocycles. The smallest absolute Gasteiger partial charge is 0.241 e. The van der Waals surface area contributed by atoms with Crippen LogP contribution >= 0.6 is 15.9 Å². The number of carbonyl (C=O) groups excluding carboxylic acids is 1. The molecule has 1 N–H and O–H groups in total. The van der Waals surface area contributed by atoms with Gasteiger partial charge in [-0.25, -0.2) is 4.39 Å². The predicted octanol–water partition coefficient (Wildman–Crippen LogP) is 3.13. The number of halogens is 2. The minimum atomic E-state index is -0.444. The number of aromatic nitrogens is 1. The van der Waals surface area contributed by atoms with Crippen LogP contribution < -0.4 is 5.32 Å². The van der Waals surface area contributed by atoms with Crippen LogP contribution in [0.5, 0.6) is 0 Å². The van der Waals surface area contributed by atoms with Crippen molar-refractivity contribution in [2.75, 3.05) is 31.5 Å². The Hall–Kier alpha value is -1.83. The molecule has 1 unspecified atom stereocenters. The zero-order valence-corrected chi connectivity index (χ0v) is 16.2. The van der Waals surface area contributed by atoms with Crippen LogP contribution in [0.1, 0.15) is 12.6 Å². The first-order valence-corrected chi connectivity index (χ1v) is 9.44. The van der Waals surface area contributed by atoms with Gasteiger partial charge < -0.3 is 5.32 Å². The van der Waals surface area contributed by atoms with Crippen LogP contribution in [-0.2, 0) is 11.3 Å². The quantitative estimate of drug-likeness (QED) is 0.806. The summed E-state index contributed by atoms with van der Waals surface area (Å²) < 4.78 is 14.5. The number of rotatable bonds is 5. The van der Waals surface area contributed by atoms with E-state index < -0.39 is 5.82 Å². The number of pyridine rings is 1. The van der Waals surface area contributed by atoms with E-state index in [-0.39, 0.29) is 17.6 Å². The fraction of sp³-hybridized carbons (Fsp3) is 0.368. The van der Waals surface area contributed by atoms with Crippen LogP contribution in [0.4, 0.5) is 10.1 Å². The minimum Gasteiger partial charge on any atom is -0.322 e. The number of hydrogen-bond donors (Lipinski definition) is 1. The van der Waals surface area contributed by atoms with Crippen LogP contribution in [0.3, 0.4) is 0 Å². The van der Waals surface area contributed by atoms with Crippen molar-refractivity contribution in [3.05, 3.63) is 58.6 Å². The van der Waals surface area contributed by atoms with Gasteiger partial charge in [0, 0.05) is 43.4 Å². The van der Waals surface area contributed by atoms with E-state index in [1.165, 1.54) is 6.07 Å². The topological polar surface area (TPSA) is 48.5 Å². The van der Waals surface area contributed by atoms with Crippen LogP contribution in [0.2, 0.25) is 0 Å². The summed E-state index contributed by atoms with van der Waals surface area (Å²) in [7, 11) is 0. The maximum absolute atomic E-state index is 13.9. The van der Waals surface area contributed by atoms with Gasteiger partial charge in [0.05, 0.1) is 17.4 Å². The first kappa shape index (κ1) is 18.9. The van der Waals surface area contributed by atoms with Crippen molar-refractivity contribution < 1.29 is 9.18 Å². The Morgan fingerprint density at radius 3 is 2.69 bits per heavy atom. The maximum Gasteiger partial charge on any atom is 0.241 e. The Labute approximate surface area is 161 Å². The molecule has 1 saturated heterocycles. The highest BCUT2D eigenvalue weighted by Crippen LogP contribution is 2.20. The Balaban J connectivity index is 1.51. The predicted molar refractivity (Wildman–Crippen MR) is 103 cm³/mol. The number of anilines is 1. The second-order valence-corrected chi connectivity index (χ2v) is 7.34. The Morgan fingerprint density at radius 2 is 2.04 bits per heavy atom. The Bertz CT molecular complexity index is 750. The number of hydrogen-bond acceptors (Lipinski definition) is 4. The molecule has 1 fully saturated rings. The molecular weight excluding hydrogens is 399 g/mol. The number of piperazine rings is 1. The van der Waals surface area contributed by atoms with Crippen molar-refractivity contribution in [1.82, 2.24) is 14.8 Å². The third-order valence-electron chi connectivity index (χ3n) is 4.63. The van der Waals surface area contributed by atoms with E-state index in [2.05, 4.69) is 36.0 Å². The van der Waals surface area contributed by atoms with Gasteiger partial charge in [0.2, 0.25) is 5.91 Å². The van der Waals surface area contributed by atoms with Crippen LogP contribution in [0.25, 0.3) is 0 Å². The van der Waals surface area contributed by atoms with Gasteiger partial charge in [-0.15, -0.1) is 0 Å². The average molecular weight is 421 g/mol. The molecule has 0 aliphatic carbocycles. The van der Waals surface area contributed by atoms with E-state index in [0.29, 0.717) is 4.47 Å². The van der Waals surface area contributed by atoms with E-state index in [1.54, 1.807) is 18.3 Å². The van der Waals surface area contributed by atoms with Crippen LogP contribution in [0, 0.1) is 5.82 Å². The van der Waals surface area contributed by atoms with Crippen molar-refractivity contribution in [2.45, 2.75) is 19.5 Å². The molecule has 1 atom stereocenters. The van der Waals surface area contributed by atoms with Crippen molar-refractivity contribution in [3.8, 4) is 0 Å². The summed E-state index contributed by atoms with van der Waals surface area (Å²) in [6, 6.07) is 10.2. The minimum absolute atomic E-state index is 0.190. The maximum atomic E-state index is 13.9. The molecular formula is C19H22BrFN4O. The van der Waals surface area contributed by atoms with Gasteiger partial charge in [-0.05, 0) is 37.3 Å². The standard InChI is InChI=1S/C19H22BrFN4O/c1-14(19(26)23-18-6-5-15(20)12-17(18)21)25-10-8-24(9-11-25)13-16-4-2-3-7-22-16/h2-7,12,14H,8-11,13H2,1H3,(H,23,26). The van der Waals surface area contributed by atoms with E-state index in [0.717, 1.165) is 38.4 Å². The summed E-state index contributed by atoms with van der Waals surface area (Å²) in [6.07, 6.45) is 1.80. The van der Waals surface area contributed by atoms with Gasteiger partial charge in [0.25, 0.3) is 0 Å². The number of amides is 1. The number of nitrogens with one attached hydrogen (secondary N) is 1. The number of nitrogens with zero attached hydrogens (tertiary/aromatic N) is 3. The zero-order valence-electron chi connectivity index (χ0n) is 14.7. The van der Waals surface area contributed by atoms with Gasteiger partial charge in [0.15, 0.2) is 0 Å². The Morgan fingerprint density at radius 1 is 1.27 bits per heavy atom. The molecule has 7 heteroatoms. The van der Waals surface area contributed by atoms with Crippen molar-refractivity contribution in [3.63, 3.8) is 0 Å². The molecule has 3 rings (SSSR count). The second kappa shape index (κ2) is 8.70. The van der Waals surface area contributed by atoms with Gasteiger partial charge in [0.1, 0.15) is 5.82 Å². The lowest BCUT2D eigenvalue weighted by atomic mass is 10.2. The number of benzene rings is 1. The van der Waals surface area contributed by atoms with Crippen LogP contribution in [-0.4, -0.2) is 52.9 Å². The zero-order chi connectivity index (χ0) is 18.5. The molecule has 1 amide bonds. The van der Waals surface area contributed by atoms with Crippen molar-refractivity contribution in [2.24, 2.45) is 0 Å². The Kier molecular flexibility index (Phi) is 6.34. The van der Waals surface area contributed by atoms with Crippen LogP contribution in [0.15, 0.2) is 47.1 Å². The summed E-state index contributed by atoms with van der Waals surface area (Å²) in [5.74, 6) is -0.635. The van der Waals surface area contributed by atoms with Gasteiger partial charge in [-0.2, -0.15) is 0 Å². The molecule has 0 saturated carbocycles. The highest BCUT2D eigenvalue weighted by Gasteiger charge is 2.26. The molecule has 2 heterocycles. The summed E-state index contributed by atoms with van der Waals surface area (Å²) in [5.41, 5.74) is 1.26. The van der Waals surface area contributed by atoms with Gasteiger partial charge >= 0.3 is 0 Å².